The number of ether oxygens (including phenoxy) is 3. The van der Waals surface area contributed by atoms with Crippen LogP contribution in [0.3, 0.4) is 0 Å². The molecule has 0 aliphatic heterocycles. The molecule has 2 N–H and O–H groups in total. The fourth-order valence-corrected chi connectivity index (χ4v) is 4.55. The van der Waals surface area contributed by atoms with E-state index in [-0.39, 0.29) is 28.7 Å². The lowest BCUT2D eigenvalue weighted by Crippen LogP contribution is -2.27. The Morgan fingerprint density at radius 1 is 0.794 bits per heavy atom. The standard InChI is InChI=1S/C25H28N2O6S/c1-31-21-11-9-18(15-23(21)33-3)13-14-26-25(28)20-10-12-22(32-2)24(16-20)34(29,30)27-17-19-7-5-4-6-8-19/h4-12,15-16,27H,13-14,17H2,1-3H3,(H,26,28). The molecule has 0 bridgehead atoms. The lowest BCUT2D eigenvalue weighted by molar-refractivity contribution is 0.0954. The molecule has 0 spiro atoms. The van der Waals surface area contributed by atoms with Crippen LogP contribution < -0.4 is 24.2 Å². The first-order valence-electron chi connectivity index (χ1n) is 10.6. The Morgan fingerprint density at radius 2 is 1.47 bits per heavy atom. The van der Waals surface area contributed by atoms with E-state index >= 15 is 0 Å². The van der Waals surface area contributed by atoms with Crippen molar-refractivity contribution < 1.29 is 27.4 Å². The number of sulfonamides is 1. The molecular formula is C25H28N2O6S. The van der Waals surface area contributed by atoms with Crippen LogP contribution in [-0.4, -0.2) is 42.2 Å². The molecule has 9 heteroatoms. The maximum Gasteiger partial charge on any atom is 0.251 e. The second kappa shape index (κ2) is 11.5. The van der Waals surface area contributed by atoms with Crippen molar-refractivity contribution in [1.82, 2.24) is 10.0 Å². The summed E-state index contributed by atoms with van der Waals surface area (Å²) >= 11 is 0. The summed E-state index contributed by atoms with van der Waals surface area (Å²) in [6.45, 7) is 0.475. The Labute approximate surface area is 199 Å². The third-order valence-electron chi connectivity index (χ3n) is 5.17. The lowest BCUT2D eigenvalue weighted by Gasteiger charge is -2.13. The maximum atomic E-state index is 12.9. The molecule has 3 rings (SSSR count). The van der Waals surface area contributed by atoms with Crippen LogP contribution in [0.25, 0.3) is 0 Å². The average molecular weight is 485 g/mol. The summed E-state index contributed by atoms with van der Waals surface area (Å²) in [5.74, 6) is 1.01. The molecule has 3 aromatic carbocycles. The van der Waals surface area contributed by atoms with E-state index in [9.17, 15) is 13.2 Å². The topological polar surface area (TPSA) is 103 Å². The Hall–Kier alpha value is -3.56. The number of rotatable bonds is 11. The van der Waals surface area contributed by atoms with Crippen LogP contribution in [0.15, 0.2) is 71.6 Å². The van der Waals surface area contributed by atoms with Crippen LogP contribution in [0, 0.1) is 0 Å². The third kappa shape index (κ3) is 6.27. The highest BCUT2D eigenvalue weighted by Gasteiger charge is 2.21. The van der Waals surface area contributed by atoms with Crippen molar-refractivity contribution in [2.75, 3.05) is 27.9 Å². The fourth-order valence-electron chi connectivity index (χ4n) is 3.34. The molecular weight excluding hydrogens is 456 g/mol. The normalized spacial score (nSPS) is 11.0. The zero-order valence-corrected chi connectivity index (χ0v) is 20.1. The maximum absolute atomic E-state index is 12.9. The van der Waals surface area contributed by atoms with Gasteiger partial charge in [0.05, 0.1) is 21.3 Å². The highest BCUT2D eigenvalue weighted by Crippen LogP contribution is 2.28. The summed E-state index contributed by atoms with van der Waals surface area (Å²) in [6, 6.07) is 19.0. The molecule has 0 radical (unpaired) electrons. The van der Waals surface area contributed by atoms with Gasteiger partial charge in [0, 0.05) is 18.7 Å². The van der Waals surface area contributed by atoms with Crippen LogP contribution in [0.4, 0.5) is 0 Å². The fraction of sp³-hybridized carbons (Fsp3) is 0.240. The molecule has 8 nitrogen and oxygen atoms in total. The lowest BCUT2D eigenvalue weighted by atomic mass is 10.1. The first-order chi connectivity index (χ1) is 16.4. The Morgan fingerprint density at radius 3 is 2.15 bits per heavy atom. The van der Waals surface area contributed by atoms with Crippen molar-refractivity contribution in [2.24, 2.45) is 0 Å². The van der Waals surface area contributed by atoms with Crippen LogP contribution in [0.5, 0.6) is 17.2 Å². The molecule has 3 aromatic rings. The Kier molecular flexibility index (Phi) is 8.50. The van der Waals surface area contributed by atoms with E-state index in [2.05, 4.69) is 10.0 Å². The number of amides is 1. The number of carbonyl (C=O) groups is 1. The number of benzene rings is 3. The summed E-state index contributed by atoms with van der Waals surface area (Å²) < 4.78 is 44.2. The van der Waals surface area contributed by atoms with E-state index in [4.69, 9.17) is 14.2 Å². The third-order valence-corrected chi connectivity index (χ3v) is 6.59. The minimum absolute atomic E-state index is 0.0986. The smallest absolute Gasteiger partial charge is 0.251 e. The molecule has 0 saturated heterocycles. The molecule has 1 amide bonds. The van der Waals surface area contributed by atoms with E-state index < -0.39 is 10.0 Å². The van der Waals surface area contributed by atoms with E-state index in [1.54, 1.807) is 20.3 Å². The SMILES string of the molecule is COc1ccc(CCNC(=O)c2ccc(OC)c(S(=O)(=O)NCc3ccccc3)c2)cc1OC. The molecule has 180 valence electrons. The van der Waals surface area contributed by atoms with Gasteiger partial charge in [0.15, 0.2) is 11.5 Å². The number of carbonyl (C=O) groups excluding carboxylic acids is 1. The highest BCUT2D eigenvalue weighted by atomic mass is 32.2. The molecule has 34 heavy (non-hydrogen) atoms. The van der Waals surface area contributed by atoms with Gasteiger partial charge in [-0.2, -0.15) is 0 Å². The molecule has 0 aliphatic carbocycles. The van der Waals surface area contributed by atoms with Gasteiger partial charge in [-0.1, -0.05) is 36.4 Å². The van der Waals surface area contributed by atoms with Crippen molar-refractivity contribution in [3.8, 4) is 17.2 Å². The van der Waals surface area contributed by atoms with Gasteiger partial charge in [-0.15, -0.1) is 0 Å². The minimum atomic E-state index is -3.92. The zero-order chi connectivity index (χ0) is 24.6. The van der Waals surface area contributed by atoms with Gasteiger partial charge in [0.1, 0.15) is 10.6 Å². The summed E-state index contributed by atoms with van der Waals surface area (Å²) in [5.41, 5.74) is 1.99. The van der Waals surface area contributed by atoms with Gasteiger partial charge < -0.3 is 19.5 Å². The van der Waals surface area contributed by atoms with E-state index in [1.165, 1.54) is 25.3 Å². The minimum Gasteiger partial charge on any atom is -0.495 e. The molecule has 0 heterocycles. The first kappa shape index (κ1) is 25.1. The predicted octanol–water partition coefficient (Wildman–Crippen LogP) is 3.16. The Bertz CT molecular complexity index is 1230. The van der Waals surface area contributed by atoms with Gasteiger partial charge in [-0.25, -0.2) is 13.1 Å². The molecule has 0 aromatic heterocycles. The average Bonchev–Trinajstić information content (AvgIpc) is 2.87. The predicted molar refractivity (Wildman–Crippen MR) is 129 cm³/mol. The molecule has 0 saturated carbocycles. The van der Waals surface area contributed by atoms with Crippen molar-refractivity contribution in [2.45, 2.75) is 17.9 Å². The molecule has 0 unspecified atom stereocenters. The molecule has 0 fully saturated rings. The summed E-state index contributed by atoms with van der Waals surface area (Å²) in [6.07, 6.45) is 0.562. The summed E-state index contributed by atoms with van der Waals surface area (Å²) in [4.78, 5) is 12.6. The number of hydrogen-bond acceptors (Lipinski definition) is 6. The number of methoxy groups -OCH3 is 3. The highest BCUT2D eigenvalue weighted by molar-refractivity contribution is 7.89. The zero-order valence-electron chi connectivity index (χ0n) is 19.3. The van der Waals surface area contributed by atoms with Gasteiger partial charge >= 0.3 is 0 Å². The second-order valence-electron chi connectivity index (χ2n) is 7.37. The van der Waals surface area contributed by atoms with Gasteiger partial charge in [-0.05, 0) is 47.9 Å². The quantitative estimate of drug-likeness (QED) is 0.433. The largest absolute Gasteiger partial charge is 0.495 e. The first-order valence-corrected chi connectivity index (χ1v) is 12.1. The molecule has 0 atom stereocenters. The van der Waals surface area contributed by atoms with Crippen molar-refractivity contribution in [3.63, 3.8) is 0 Å². The monoisotopic (exact) mass is 484 g/mol. The van der Waals surface area contributed by atoms with Crippen molar-refractivity contribution in [1.29, 1.82) is 0 Å². The van der Waals surface area contributed by atoms with Gasteiger partial charge in [0.25, 0.3) is 5.91 Å². The van der Waals surface area contributed by atoms with Crippen LogP contribution in [-0.2, 0) is 23.0 Å². The number of nitrogens with one attached hydrogen (secondary N) is 2. The summed E-state index contributed by atoms with van der Waals surface area (Å²) in [7, 11) is 0.598. The van der Waals surface area contributed by atoms with E-state index in [1.807, 2.05) is 42.5 Å². The summed E-state index contributed by atoms with van der Waals surface area (Å²) in [5, 5.41) is 2.82. The number of hydrogen-bond donors (Lipinski definition) is 2. The van der Waals surface area contributed by atoms with Crippen LogP contribution >= 0.6 is 0 Å². The van der Waals surface area contributed by atoms with Crippen molar-refractivity contribution in [3.05, 3.63) is 83.4 Å². The molecule has 0 aliphatic rings. The van der Waals surface area contributed by atoms with Gasteiger partial charge in [0.2, 0.25) is 10.0 Å². The van der Waals surface area contributed by atoms with Crippen LogP contribution in [0.1, 0.15) is 21.5 Å². The second-order valence-corrected chi connectivity index (χ2v) is 9.11. The van der Waals surface area contributed by atoms with Crippen LogP contribution in [0.2, 0.25) is 0 Å². The van der Waals surface area contributed by atoms with E-state index in [0.29, 0.717) is 24.5 Å². The van der Waals surface area contributed by atoms with Gasteiger partial charge in [-0.3, -0.25) is 4.79 Å². The van der Waals surface area contributed by atoms with E-state index in [0.717, 1.165) is 11.1 Å². The Balaban J connectivity index is 1.68. The van der Waals surface area contributed by atoms with Crippen molar-refractivity contribution >= 4 is 15.9 Å².